The molecule has 7 heteroatoms. The molecular weight excluding hydrogens is 266 g/mol. The smallest absolute Gasteiger partial charge is 0.273 e. The summed E-state index contributed by atoms with van der Waals surface area (Å²) in [6, 6.07) is 0. The van der Waals surface area contributed by atoms with E-state index in [4.69, 9.17) is 0 Å². The van der Waals surface area contributed by atoms with Crippen LogP contribution in [-0.2, 0) is 4.79 Å². The van der Waals surface area contributed by atoms with Crippen LogP contribution in [0.5, 0.6) is 0 Å². The molecule has 2 N–H and O–H groups in total. The molecule has 1 aromatic heterocycles. The molecule has 1 saturated carbocycles. The van der Waals surface area contributed by atoms with E-state index >= 15 is 0 Å². The number of hydrogen-bond acceptors (Lipinski definition) is 5. The van der Waals surface area contributed by atoms with Gasteiger partial charge in [-0.3, -0.25) is 9.59 Å². The summed E-state index contributed by atoms with van der Waals surface area (Å²) < 4.78 is 0. The molecule has 0 aromatic carbocycles. The van der Waals surface area contributed by atoms with Crippen molar-refractivity contribution in [1.82, 2.24) is 9.88 Å². The molecule has 19 heavy (non-hydrogen) atoms. The van der Waals surface area contributed by atoms with Crippen LogP contribution in [0.4, 0.5) is 5.13 Å². The fraction of sp³-hybridized carbons (Fsp3) is 0.583. The Bertz CT molecular complexity index is 482. The molecule has 0 unspecified atom stereocenters. The fourth-order valence-electron chi connectivity index (χ4n) is 2.10. The van der Waals surface area contributed by atoms with E-state index in [0.29, 0.717) is 23.3 Å². The first kappa shape index (κ1) is 14.0. The van der Waals surface area contributed by atoms with E-state index in [1.54, 1.807) is 17.3 Å². The van der Waals surface area contributed by atoms with Crippen LogP contribution in [0.25, 0.3) is 0 Å². The Balaban J connectivity index is 1.91. The van der Waals surface area contributed by atoms with Crippen LogP contribution in [0.15, 0.2) is 5.38 Å². The molecule has 1 aliphatic rings. The molecule has 0 bridgehead atoms. The van der Waals surface area contributed by atoms with E-state index in [0.717, 1.165) is 12.8 Å². The molecule has 104 valence electrons. The Morgan fingerprint density at radius 1 is 1.58 bits per heavy atom. The Morgan fingerprint density at radius 2 is 2.26 bits per heavy atom. The van der Waals surface area contributed by atoms with Crippen molar-refractivity contribution in [3.63, 3.8) is 0 Å². The van der Waals surface area contributed by atoms with Crippen molar-refractivity contribution in [2.24, 2.45) is 5.92 Å². The van der Waals surface area contributed by atoms with Gasteiger partial charge >= 0.3 is 0 Å². The summed E-state index contributed by atoms with van der Waals surface area (Å²) in [5.41, 5.74) is 0.344. The summed E-state index contributed by atoms with van der Waals surface area (Å²) in [5, 5.41) is 13.8. The van der Waals surface area contributed by atoms with Crippen molar-refractivity contribution in [3.8, 4) is 0 Å². The quantitative estimate of drug-likeness (QED) is 0.861. The third kappa shape index (κ3) is 3.51. The number of carbonyl (C=O) groups excluding carboxylic acids is 2. The maximum Gasteiger partial charge on any atom is 0.273 e. The minimum Gasteiger partial charge on any atom is -0.393 e. The first-order valence-corrected chi connectivity index (χ1v) is 7.00. The van der Waals surface area contributed by atoms with Gasteiger partial charge in [0.05, 0.1) is 6.10 Å². The highest BCUT2D eigenvalue weighted by Gasteiger charge is 2.29. The third-order valence-electron chi connectivity index (χ3n) is 3.10. The lowest BCUT2D eigenvalue weighted by Gasteiger charge is -2.34. The van der Waals surface area contributed by atoms with Crippen LogP contribution in [0, 0.1) is 5.92 Å². The number of nitrogens with zero attached hydrogens (tertiary/aromatic N) is 2. The largest absolute Gasteiger partial charge is 0.393 e. The Hall–Kier alpha value is -1.47. The maximum atomic E-state index is 12.1. The second-order valence-corrected chi connectivity index (χ2v) is 5.75. The van der Waals surface area contributed by atoms with Gasteiger partial charge in [-0.05, 0) is 18.8 Å². The van der Waals surface area contributed by atoms with Gasteiger partial charge in [-0.2, -0.15) is 0 Å². The number of carbonyl (C=O) groups is 2. The predicted molar refractivity (Wildman–Crippen MR) is 72.1 cm³/mol. The Labute approximate surface area is 115 Å². The van der Waals surface area contributed by atoms with Gasteiger partial charge in [0.2, 0.25) is 5.91 Å². The molecule has 1 aromatic rings. The zero-order valence-corrected chi connectivity index (χ0v) is 11.7. The second-order valence-electron chi connectivity index (χ2n) is 4.90. The van der Waals surface area contributed by atoms with Crippen molar-refractivity contribution >= 4 is 28.3 Å². The van der Waals surface area contributed by atoms with E-state index in [2.05, 4.69) is 10.3 Å². The highest BCUT2D eigenvalue weighted by atomic mass is 32.1. The average molecular weight is 283 g/mol. The van der Waals surface area contributed by atoms with E-state index in [-0.39, 0.29) is 17.9 Å². The Kier molecular flexibility index (Phi) is 4.16. The molecule has 1 fully saturated rings. The maximum absolute atomic E-state index is 12.1. The van der Waals surface area contributed by atoms with Crippen LogP contribution < -0.4 is 5.32 Å². The van der Waals surface area contributed by atoms with Crippen LogP contribution in [-0.4, -0.2) is 46.5 Å². The molecule has 1 aliphatic carbocycles. The topological polar surface area (TPSA) is 82.5 Å². The van der Waals surface area contributed by atoms with Crippen LogP contribution >= 0.6 is 11.3 Å². The van der Waals surface area contributed by atoms with Gasteiger partial charge in [-0.15, -0.1) is 11.3 Å². The lowest BCUT2D eigenvalue weighted by Crippen LogP contribution is -2.39. The van der Waals surface area contributed by atoms with Gasteiger partial charge in [0.15, 0.2) is 5.13 Å². The predicted octanol–water partition coefficient (Wildman–Crippen LogP) is 0.944. The van der Waals surface area contributed by atoms with Crippen LogP contribution in [0.2, 0.25) is 0 Å². The normalized spacial score (nSPS) is 21.6. The monoisotopic (exact) mass is 283 g/mol. The molecule has 0 aliphatic heterocycles. The van der Waals surface area contributed by atoms with E-state index in [9.17, 15) is 14.7 Å². The lowest BCUT2D eigenvalue weighted by molar-refractivity contribution is -0.114. The highest BCUT2D eigenvalue weighted by molar-refractivity contribution is 7.14. The molecule has 1 heterocycles. The van der Waals surface area contributed by atoms with Crippen LogP contribution in [0.3, 0.4) is 0 Å². The van der Waals surface area contributed by atoms with Crippen LogP contribution in [0.1, 0.15) is 30.3 Å². The minimum atomic E-state index is -0.209. The van der Waals surface area contributed by atoms with Crippen molar-refractivity contribution < 1.29 is 14.7 Å². The summed E-state index contributed by atoms with van der Waals surface area (Å²) in [6.07, 6.45) is 1.30. The number of thiazole rings is 1. The van der Waals surface area contributed by atoms with Crippen molar-refractivity contribution in [3.05, 3.63) is 11.1 Å². The zero-order valence-electron chi connectivity index (χ0n) is 10.9. The molecule has 0 spiro atoms. The van der Waals surface area contributed by atoms with E-state index < -0.39 is 0 Å². The van der Waals surface area contributed by atoms with Gasteiger partial charge in [0, 0.05) is 25.9 Å². The molecule has 0 radical (unpaired) electrons. The number of hydrogen-bond donors (Lipinski definition) is 2. The van der Waals surface area contributed by atoms with Crippen molar-refractivity contribution in [2.45, 2.75) is 25.9 Å². The minimum absolute atomic E-state index is 0.158. The lowest BCUT2D eigenvalue weighted by atomic mass is 9.82. The summed E-state index contributed by atoms with van der Waals surface area (Å²) >= 11 is 1.23. The van der Waals surface area contributed by atoms with Gasteiger partial charge < -0.3 is 15.3 Å². The van der Waals surface area contributed by atoms with E-state index in [1.807, 2.05) is 0 Å². The number of aliphatic hydroxyl groups excluding tert-OH is 1. The average Bonchev–Trinajstić information content (AvgIpc) is 2.73. The number of aliphatic hydroxyl groups is 1. The number of aromatic nitrogens is 1. The van der Waals surface area contributed by atoms with Crippen molar-refractivity contribution in [2.75, 3.05) is 18.9 Å². The highest BCUT2D eigenvalue weighted by Crippen LogP contribution is 2.28. The first-order valence-electron chi connectivity index (χ1n) is 6.12. The molecule has 2 amide bonds. The van der Waals surface area contributed by atoms with Crippen molar-refractivity contribution in [1.29, 1.82) is 0 Å². The second kappa shape index (κ2) is 5.66. The molecule has 6 nitrogen and oxygen atoms in total. The summed E-state index contributed by atoms with van der Waals surface area (Å²) in [7, 11) is 1.73. The SMILES string of the molecule is CC(=O)Nc1nc(C(=O)N(C)CC2CC(O)C2)cs1. The summed E-state index contributed by atoms with van der Waals surface area (Å²) in [5.74, 6) is 0.0109. The number of amides is 2. The molecule has 0 saturated heterocycles. The zero-order chi connectivity index (χ0) is 14.0. The van der Waals surface area contributed by atoms with Gasteiger partial charge in [0.1, 0.15) is 5.69 Å². The standard InChI is InChI=1S/C12H17N3O3S/c1-7(16)13-12-14-10(6-19-12)11(18)15(2)5-8-3-9(17)4-8/h6,8-9,17H,3-5H2,1-2H3,(H,13,14,16). The molecule has 2 rings (SSSR count). The summed E-state index contributed by atoms with van der Waals surface area (Å²) in [4.78, 5) is 28.7. The first-order chi connectivity index (χ1) is 8.95. The third-order valence-corrected chi connectivity index (χ3v) is 3.85. The number of nitrogens with one attached hydrogen (secondary N) is 1. The van der Waals surface area contributed by atoms with Gasteiger partial charge in [-0.1, -0.05) is 0 Å². The van der Waals surface area contributed by atoms with Gasteiger partial charge in [0.25, 0.3) is 5.91 Å². The number of rotatable bonds is 4. The number of anilines is 1. The molecule has 0 atom stereocenters. The summed E-state index contributed by atoms with van der Waals surface area (Å²) in [6.45, 7) is 2.03. The fourth-order valence-corrected chi connectivity index (χ4v) is 2.83. The molecular formula is C12H17N3O3S. The van der Waals surface area contributed by atoms with Gasteiger partial charge in [-0.25, -0.2) is 4.98 Å². The van der Waals surface area contributed by atoms with E-state index in [1.165, 1.54) is 18.3 Å². The Morgan fingerprint density at radius 3 is 2.84 bits per heavy atom.